The number of urea groups is 1. The van der Waals surface area contributed by atoms with E-state index in [0.29, 0.717) is 13.0 Å². The van der Waals surface area contributed by atoms with Gasteiger partial charge in [0.15, 0.2) is 0 Å². The summed E-state index contributed by atoms with van der Waals surface area (Å²) in [5, 5.41) is 5.80. The van der Waals surface area contributed by atoms with Gasteiger partial charge in [0, 0.05) is 31.3 Å². The number of amides is 3. The highest BCUT2D eigenvalue weighted by atomic mass is 16.5. The van der Waals surface area contributed by atoms with Gasteiger partial charge >= 0.3 is 6.03 Å². The van der Waals surface area contributed by atoms with Gasteiger partial charge in [0.25, 0.3) is 0 Å². The summed E-state index contributed by atoms with van der Waals surface area (Å²) < 4.78 is 5.39. The lowest BCUT2D eigenvalue weighted by atomic mass is 10.1. The number of nitrogens with zero attached hydrogens (tertiary/aromatic N) is 1. The summed E-state index contributed by atoms with van der Waals surface area (Å²) in [6, 6.07) is 14.8. The van der Waals surface area contributed by atoms with E-state index in [4.69, 9.17) is 4.74 Å². The van der Waals surface area contributed by atoms with E-state index in [1.807, 2.05) is 62.4 Å². The number of methoxy groups -OCH3 is 1. The molecule has 6 nitrogen and oxygen atoms in total. The highest BCUT2D eigenvalue weighted by Crippen LogP contribution is 2.28. The molecule has 2 aromatic rings. The third kappa shape index (κ3) is 5.74. The highest BCUT2D eigenvalue weighted by molar-refractivity contribution is 5.90. The van der Waals surface area contributed by atoms with Crippen LogP contribution in [0.1, 0.15) is 43.9 Å². The second-order valence-corrected chi connectivity index (χ2v) is 6.69. The zero-order valence-corrected chi connectivity index (χ0v) is 17.0. The number of hydrogen-bond donors (Lipinski definition) is 2. The predicted octanol–water partition coefficient (Wildman–Crippen LogP) is 4.34. The topological polar surface area (TPSA) is 70.7 Å². The van der Waals surface area contributed by atoms with Gasteiger partial charge < -0.3 is 20.3 Å². The van der Waals surface area contributed by atoms with Crippen LogP contribution in [0.2, 0.25) is 0 Å². The number of ether oxygens (including phenoxy) is 1. The quantitative estimate of drug-likeness (QED) is 0.712. The molecule has 1 unspecified atom stereocenters. The number of carbonyl (C=O) groups is 2. The van der Waals surface area contributed by atoms with E-state index >= 15 is 0 Å². The zero-order chi connectivity index (χ0) is 20.5. The lowest BCUT2D eigenvalue weighted by Crippen LogP contribution is -2.38. The number of benzene rings is 2. The van der Waals surface area contributed by atoms with Crippen molar-refractivity contribution in [1.29, 1.82) is 0 Å². The Morgan fingerprint density at radius 1 is 1.14 bits per heavy atom. The number of carbonyl (C=O) groups excluding carboxylic acids is 2. The molecule has 0 aliphatic rings. The standard InChI is InChI=1S/C22H29N3O3/c1-5-9-21(26)24-18-11-8-10-17(14-18)15-23-22(27)25(3)16(2)19-12-6-7-13-20(19)28-4/h6-8,10-14,16H,5,9,15H2,1-4H3,(H,23,27)(H,24,26). The first-order valence-electron chi connectivity index (χ1n) is 9.48. The minimum Gasteiger partial charge on any atom is -0.496 e. The van der Waals surface area contributed by atoms with Gasteiger partial charge in [0.2, 0.25) is 5.91 Å². The average Bonchev–Trinajstić information content (AvgIpc) is 2.71. The van der Waals surface area contributed by atoms with Crippen molar-refractivity contribution in [3.05, 3.63) is 59.7 Å². The fourth-order valence-electron chi connectivity index (χ4n) is 2.91. The fourth-order valence-corrected chi connectivity index (χ4v) is 2.91. The maximum atomic E-state index is 12.6. The van der Waals surface area contributed by atoms with Crippen molar-refractivity contribution in [2.45, 2.75) is 39.3 Å². The molecule has 0 heterocycles. The Balaban J connectivity index is 1.97. The molecule has 0 aromatic heterocycles. The lowest BCUT2D eigenvalue weighted by molar-refractivity contribution is -0.116. The van der Waals surface area contributed by atoms with Crippen LogP contribution in [0, 0.1) is 0 Å². The third-order valence-electron chi connectivity index (χ3n) is 4.62. The van der Waals surface area contributed by atoms with Crippen molar-refractivity contribution in [2.75, 3.05) is 19.5 Å². The molecule has 0 aliphatic carbocycles. The van der Waals surface area contributed by atoms with E-state index in [1.165, 1.54) is 0 Å². The molecule has 3 amide bonds. The second kappa shape index (κ2) is 10.3. The van der Waals surface area contributed by atoms with Gasteiger partial charge in [0.1, 0.15) is 5.75 Å². The van der Waals surface area contributed by atoms with Gasteiger partial charge in [-0.3, -0.25) is 4.79 Å². The smallest absolute Gasteiger partial charge is 0.317 e. The fraction of sp³-hybridized carbons (Fsp3) is 0.364. The molecule has 2 N–H and O–H groups in total. The molecular weight excluding hydrogens is 354 g/mol. The highest BCUT2D eigenvalue weighted by Gasteiger charge is 2.20. The van der Waals surface area contributed by atoms with Crippen molar-refractivity contribution in [2.24, 2.45) is 0 Å². The minimum atomic E-state index is -0.182. The third-order valence-corrected chi connectivity index (χ3v) is 4.62. The maximum Gasteiger partial charge on any atom is 0.317 e. The number of rotatable bonds is 8. The van der Waals surface area contributed by atoms with Crippen molar-refractivity contribution < 1.29 is 14.3 Å². The summed E-state index contributed by atoms with van der Waals surface area (Å²) in [6.07, 6.45) is 1.30. The molecular formula is C22H29N3O3. The van der Waals surface area contributed by atoms with Crippen LogP contribution in [0.4, 0.5) is 10.5 Å². The number of nitrogens with one attached hydrogen (secondary N) is 2. The van der Waals surface area contributed by atoms with Crippen LogP contribution in [0.15, 0.2) is 48.5 Å². The molecule has 0 saturated heterocycles. The first kappa shape index (κ1) is 21.3. The van der Waals surface area contributed by atoms with Gasteiger partial charge in [-0.05, 0) is 37.1 Å². The molecule has 28 heavy (non-hydrogen) atoms. The molecule has 2 aromatic carbocycles. The van der Waals surface area contributed by atoms with E-state index in [2.05, 4.69) is 10.6 Å². The van der Waals surface area contributed by atoms with E-state index in [0.717, 1.165) is 29.0 Å². The Labute approximate surface area is 166 Å². The minimum absolute atomic E-state index is 0.00551. The molecule has 1 atom stereocenters. The zero-order valence-electron chi connectivity index (χ0n) is 17.0. The van der Waals surface area contributed by atoms with E-state index < -0.39 is 0 Å². The molecule has 0 saturated carbocycles. The van der Waals surface area contributed by atoms with Crippen LogP contribution in [-0.4, -0.2) is 31.0 Å². The van der Waals surface area contributed by atoms with E-state index in [1.54, 1.807) is 19.1 Å². The Hall–Kier alpha value is -3.02. The van der Waals surface area contributed by atoms with Gasteiger partial charge in [-0.15, -0.1) is 0 Å². The number of anilines is 1. The lowest BCUT2D eigenvalue weighted by Gasteiger charge is -2.26. The van der Waals surface area contributed by atoms with Gasteiger partial charge in [-0.1, -0.05) is 37.3 Å². The van der Waals surface area contributed by atoms with Crippen LogP contribution in [0.5, 0.6) is 5.75 Å². The maximum absolute atomic E-state index is 12.6. The molecule has 0 fully saturated rings. The average molecular weight is 383 g/mol. The van der Waals surface area contributed by atoms with Gasteiger partial charge in [0.05, 0.1) is 13.2 Å². The summed E-state index contributed by atoms with van der Waals surface area (Å²) in [6.45, 7) is 4.30. The molecule has 0 bridgehead atoms. The van der Waals surface area contributed by atoms with Crippen LogP contribution in [0.3, 0.4) is 0 Å². The molecule has 150 valence electrons. The molecule has 0 spiro atoms. The van der Waals surface area contributed by atoms with Crippen LogP contribution >= 0.6 is 0 Å². The SMILES string of the molecule is CCCC(=O)Nc1cccc(CNC(=O)N(C)C(C)c2ccccc2OC)c1. The van der Waals surface area contributed by atoms with Crippen molar-refractivity contribution in [3.63, 3.8) is 0 Å². The Morgan fingerprint density at radius 3 is 2.61 bits per heavy atom. The van der Waals surface area contributed by atoms with Crippen LogP contribution in [-0.2, 0) is 11.3 Å². The summed E-state index contributed by atoms with van der Waals surface area (Å²) in [5.74, 6) is 0.749. The summed E-state index contributed by atoms with van der Waals surface area (Å²) >= 11 is 0. The monoisotopic (exact) mass is 383 g/mol. The van der Waals surface area contributed by atoms with Crippen LogP contribution < -0.4 is 15.4 Å². The van der Waals surface area contributed by atoms with Gasteiger partial charge in [-0.25, -0.2) is 4.79 Å². The molecule has 0 radical (unpaired) electrons. The first-order valence-corrected chi connectivity index (χ1v) is 9.48. The van der Waals surface area contributed by atoms with Gasteiger partial charge in [-0.2, -0.15) is 0 Å². The largest absolute Gasteiger partial charge is 0.496 e. The number of para-hydroxylation sites is 1. The Morgan fingerprint density at radius 2 is 1.89 bits per heavy atom. The molecule has 0 aliphatic heterocycles. The first-order chi connectivity index (χ1) is 13.5. The van der Waals surface area contributed by atoms with Crippen molar-refractivity contribution in [3.8, 4) is 5.75 Å². The predicted molar refractivity (Wildman–Crippen MR) is 111 cm³/mol. The summed E-state index contributed by atoms with van der Waals surface area (Å²) in [5.41, 5.74) is 2.60. The summed E-state index contributed by atoms with van der Waals surface area (Å²) in [4.78, 5) is 26.0. The Kier molecular flexibility index (Phi) is 7.87. The molecule has 2 rings (SSSR count). The normalized spacial score (nSPS) is 11.4. The van der Waals surface area contributed by atoms with Crippen LogP contribution in [0.25, 0.3) is 0 Å². The second-order valence-electron chi connectivity index (χ2n) is 6.69. The van der Waals surface area contributed by atoms with Crippen molar-refractivity contribution in [1.82, 2.24) is 10.2 Å². The van der Waals surface area contributed by atoms with E-state index in [9.17, 15) is 9.59 Å². The molecule has 6 heteroatoms. The Bertz CT molecular complexity index is 807. The van der Waals surface area contributed by atoms with Crippen molar-refractivity contribution >= 4 is 17.6 Å². The summed E-state index contributed by atoms with van der Waals surface area (Å²) in [7, 11) is 3.38. The number of hydrogen-bond acceptors (Lipinski definition) is 3. The van der Waals surface area contributed by atoms with E-state index in [-0.39, 0.29) is 18.0 Å².